The van der Waals surface area contributed by atoms with Crippen LogP contribution in [0.4, 0.5) is 10.5 Å². The van der Waals surface area contributed by atoms with E-state index in [9.17, 15) is 14.4 Å². The molecule has 0 radical (unpaired) electrons. The zero-order chi connectivity index (χ0) is 15.7. The average molecular weight is 298 g/mol. The molecule has 2 fully saturated rings. The molecular formula is C15H14N4O3. The van der Waals surface area contributed by atoms with E-state index in [2.05, 4.69) is 5.32 Å². The largest absolute Gasteiger partial charge is 0.327 e. The molecule has 7 nitrogen and oxygen atoms in total. The van der Waals surface area contributed by atoms with Crippen molar-refractivity contribution in [1.29, 1.82) is 5.26 Å². The Hall–Kier alpha value is -2.88. The molecule has 2 aliphatic rings. The number of nitriles is 1. The molecule has 1 N–H and O–H groups in total. The van der Waals surface area contributed by atoms with Crippen molar-refractivity contribution in [2.45, 2.75) is 18.9 Å². The Bertz CT molecular complexity index is 655. The third-order valence-corrected chi connectivity index (χ3v) is 3.88. The number of carbonyl (C=O) groups is 3. The Morgan fingerprint density at radius 2 is 2.05 bits per heavy atom. The van der Waals surface area contributed by atoms with E-state index in [1.807, 2.05) is 6.07 Å². The molecule has 2 heterocycles. The molecule has 1 aromatic carbocycles. The van der Waals surface area contributed by atoms with Crippen LogP contribution in [0.1, 0.15) is 18.4 Å². The molecule has 4 amide bonds. The van der Waals surface area contributed by atoms with Gasteiger partial charge in [0.25, 0.3) is 5.91 Å². The summed E-state index contributed by atoms with van der Waals surface area (Å²) in [6.07, 6.45) is 1.49. The molecule has 2 saturated heterocycles. The van der Waals surface area contributed by atoms with Gasteiger partial charge in [0, 0.05) is 12.2 Å². The number of rotatable bonds is 3. The number of nitrogens with zero attached hydrogens (tertiary/aromatic N) is 3. The second kappa shape index (κ2) is 5.48. The van der Waals surface area contributed by atoms with E-state index in [4.69, 9.17) is 5.26 Å². The molecule has 1 aromatic rings. The summed E-state index contributed by atoms with van der Waals surface area (Å²) in [7, 11) is 0. The number of anilines is 1. The van der Waals surface area contributed by atoms with Crippen LogP contribution in [0.5, 0.6) is 0 Å². The maximum Gasteiger partial charge on any atom is 0.327 e. The Labute approximate surface area is 127 Å². The molecular weight excluding hydrogens is 284 g/mol. The number of hydrogen-bond donors (Lipinski definition) is 1. The van der Waals surface area contributed by atoms with Crippen LogP contribution in [-0.4, -0.2) is 46.8 Å². The van der Waals surface area contributed by atoms with Crippen molar-refractivity contribution < 1.29 is 14.4 Å². The number of amides is 4. The first-order valence-electron chi connectivity index (χ1n) is 7.02. The lowest BCUT2D eigenvalue weighted by Crippen LogP contribution is -2.39. The van der Waals surface area contributed by atoms with Gasteiger partial charge in [-0.1, -0.05) is 0 Å². The van der Waals surface area contributed by atoms with Crippen LogP contribution < -0.4 is 5.32 Å². The lowest BCUT2D eigenvalue weighted by atomic mass is 10.2. The van der Waals surface area contributed by atoms with Crippen LogP contribution in [0, 0.1) is 11.3 Å². The van der Waals surface area contributed by atoms with E-state index in [1.165, 1.54) is 4.90 Å². The van der Waals surface area contributed by atoms with Gasteiger partial charge in [-0.15, -0.1) is 0 Å². The fourth-order valence-electron chi connectivity index (χ4n) is 2.80. The Balaban J connectivity index is 1.63. The Morgan fingerprint density at radius 1 is 1.32 bits per heavy atom. The second-order valence-electron chi connectivity index (χ2n) is 5.30. The summed E-state index contributed by atoms with van der Waals surface area (Å²) < 4.78 is 0. The molecule has 112 valence electrons. The lowest BCUT2D eigenvalue weighted by Gasteiger charge is -2.15. The summed E-state index contributed by atoms with van der Waals surface area (Å²) in [4.78, 5) is 38.7. The highest BCUT2D eigenvalue weighted by atomic mass is 16.2. The van der Waals surface area contributed by atoms with Crippen molar-refractivity contribution in [3.05, 3.63) is 29.8 Å². The van der Waals surface area contributed by atoms with E-state index in [1.54, 1.807) is 24.3 Å². The van der Waals surface area contributed by atoms with Gasteiger partial charge < -0.3 is 10.2 Å². The first kappa shape index (κ1) is 14.1. The molecule has 1 atom stereocenters. The summed E-state index contributed by atoms with van der Waals surface area (Å²) in [5, 5.41) is 11.3. The summed E-state index contributed by atoms with van der Waals surface area (Å²) in [6, 6.07) is 7.57. The number of hydrogen-bond acceptors (Lipinski definition) is 4. The standard InChI is InChI=1S/C15H14N4O3/c16-8-10-3-5-11(6-4-10)17-13(20)9-19-14(21)12-2-1-7-18(12)15(19)22/h3-6,12H,1-2,7,9H2,(H,17,20). The normalized spacial score (nSPS) is 20.0. The zero-order valence-corrected chi connectivity index (χ0v) is 11.8. The van der Waals surface area contributed by atoms with Crippen molar-refractivity contribution in [2.24, 2.45) is 0 Å². The molecule has 7 heteroatoms. The van der Waals surface area contributed by atoms with E-state index >= 15 is 0 Å². The first-order valence-corrected chi connectivity index (χ1v) is 7.02. The number of urea groups is 1. The Morgan fingerprint density at radius 3 is 2.68 bits per heavy atom. The predicted molar refractivity (Wildman–Crippen MR) is 76.6 cm³/mol. The van der Waals surface area contributed by atoms with Gasteiger partial charge in [0.1, 0.15) is 12.6 Å². The molecule has 0 bridgehead atoms. The molecule has 0 aliphatic carbocycles. The molecule has 3 rings (SSSR count). The third kappa shape index (κ3) is 2.39. The minimum atomic E-state index is -0.437. The van der Waals surface area contributed by atoms with Crippen LogP contribution in [0.15, 0.2) is 24.3 Å². The van der Waals surface area contributed by atoms with Crippen LogP contribution >= 0.6 is 0 Å². The SMILES string of the molecule is N#Cc1ccc(NC(=O)CN2C(=O)C3CCCN3C2=O)cc1. The average Bonchev–Trinajstić information content (AvgIpc) is 3.08. The minimum Gasteiger partial charge on any atom is -0.325 e. The van der Waals surface area contributed by atoms with E-state index in [0.717, 1.165) is 11.3 Å². The molecule has 0 spiro atoms. The molecule has 0 saturated carbocycles. The monoisotopic (exact) mass is 298 g/mol. The molecule has 1 unspecified atom stereocenters. The lowest BCUT2D eigenvalue weighted by molar-refractivity contribution is -0.131. The number of carbonyl (C=O) groups excluding carboxylic acids is 3. The quantitative estimate of drug-likeness (QED) is 0.840. The van der Waals surface area contributed by atoms with Crippen LogP contribution in [0.2, 0.25) is 0 Å². The van der Waals surface area contributed by atoms with Crippen LogP contribution in [0.25, 0.3) is 0 Å². The summed E-state index contributed by atoms with van der Waals surface area (Å²) in [6.45, 7) is 0.285. The van der Waals surface area contributed by atoms with E-state index in [-0.39, 0.29) is 18.5 Å². The highest BCUT2D eigenvalue weighted by Gasteiger charge is 2.47. The van der Waals surface area contributed by atoms with Crippen molar-refractivity contribution in [1.82, 2.24) is 9.80 Å². The number of imide groups is 1. The fourth-order valence-corrected chi connectivity index (χ4v) is 2.80. The van der Waals surface area contributed by atoms with Gasteiger partial charge in [-0.3, -0.25) is 14.5 Å². The van der Waals surface area contributed by atoms with Crippen molar-refractivity contribution in [3.63, 3.8) is 0 Å². The molecule has 22 heavy (non-hydrogen) atoms. The summed E-state index contributed by atoms with van der Waals surface area (Å²) in [5.74, 6) is -0.731. The van der Waals surface area contributed by atoms with Gasteiger partial charge in [-0.25, -0.2) is 4.79 Å². The van der Waals surface area contributed by atoms with Crippen molar-refractivity contribution >= 4 is 23.5 Å². The van der Waals surface area contributed by atoms with Crippen molar-refractivity contribution in [3.8, 4) is 6.07 Å². The first-order chi connectivity index (χ1) is 10.6. The van der Waals surface area contributed by atoms with Gasteiger partial charge in [-0.05, 0) is 37.1 Å². The summed E-state index contributed by atoms with van der Waals surface area (Å²) >= 11 is 0. The highest BCUT2D eigenvalue weighted by molar-refractivity contribution is 6.08. The minimum absolute atomic E-state index is 0.287. The number of benzene rings is 1. The fraction of sp³-hybridized carbons (Fsp3) is 0.333. The van der Waals surface area contributed by atoms with Crippen molar-refractivity contribution in [2.75, 3.05) is 18.4 Å². The third-order valence-electron chi connectivity index (χ3n) is 3.88. The van der Waals surface area contributed by atoms with E-state index < -0.39 is 11.9 Å². The number of nitrogens with one attached hydrogen (secondary N) is 1. The topological polar surface area (TPSA) is 93.5 Å². The van der Waals surface area contributed by atoms with E-state index in [0.29, 0.717) is 24.2 Å². The maximum atomic E-state index is 12.1. The van der Waals surface area contributed by atoms with Gasteiger partial charge in [-0.2, -0.15) is 5.26 Å². The van der Waals surface area contributed by atoms with Crippen LogP contribution in [0.3, 0.4) is 0 Å². The highest BCUT2D eigenvalue weighted by Crippen LogP contribution is 2.27. The smallest absolute Gasteiger partial charge is 0.325 e. The number of fused-ring (bicyclic) bond motifs is 1. The molecule has 2 aliphatic heterocycles. The van der Waals surface area contributed by atoms with Gasteiger partial charge >= 0.3 is 6.03 Å². The molecule has 0 aromatic heterocycles. The zero-order valence-electron chi connectivity index (χ0n) is 11.8. The predicted octanol–water partition coefficient (Wildman–Crippen LogP) is 0.923. The summed E-state index contributed by atoms with van der Waals surface area (Å²) in [5.41, 5.74) is 1.01. The van der Waals surface area contributed by atoms with Gasteiger partial charge in [0.05, 0.1) is 11.6 Å². The van der Waals surface area contributed by atoms with Gasteiger partial charge in [0.15, 0.2) is 0 Å². The second-order valence-corrected chi connectivity index (χ2v) is 5.30. The van der Waals surface area contributed by atoms with Gasteiger partial charge in [0.2, 0.25) is 5.91 Å². The maximum absolute atomic E-state index is 12.1. The Kier molecular flexibility index (Phi) is 3.51. The van der Waals surface area contributed by atoms with Crippen LogP contribution in [-0.2, 0) is 9.59 Å².